The molecule has 0 aromatic heterocycles. The minimum absolute atomic E-state index is 0.0266. The fourth-order valence-corrected chi connectivity index (χ4v) is 10.3. The molecule has 12 atom stereocenters. The van der Waals surface area contributed by atoms with Crippen molar-refractivity contribution in [2.75, 3.05) is 33.9 Å². The monoisotopic (exact) mass is 423 g/mol. The molecule has 6 aliphatic rings. The number of rotatable bonds is 4. The second-order valence-electron chi connectivity index (χ2n) is 11.4. The van der Waals surface area contributed by atoms with Gasteiger partial charge in [-0.05, 0) is 44.1 Å². The Labute approximate surface area is 178 Å². The molecule has 7 nitrogen and oxygen atoms in total. The Morgan fingerprint density at radius 1 is 1.10 bits per heavy atom. The topological polar surface area (TPSA) is 103 Å². The molecule has 1 spiro atoms. The highest BCUT2D eigenvalue weighted by Gasteiger charge is 2.88. The number of hydrogen-bond donors (Lipinski definition) is 4. The summed E-state index contributed by atoms with van der Waals surface area (Å²) in [7, 11) is 3.38. The maximum absolute atomic E-state index is 12.4. The fourth-order valence-electron chi connectivity index (χ4n) is 10.3. The van der Waals surface area contributed by atoms with Crippen LogP contribution < -0.4 is 0 Å². The molecule has 170 valence electrons. The Balaban J connectivity index is 1.62. The molecule has 1 heterocycles. The Morgan fingerprint density at radius 2 is 1.87 bits per heavy atom. The molecule has 0 aromatic carbocycles. The number of aliphatic hydroxyl groups excluding tert-OH is 2. The summed E-state index contributed by atoms with van der Waals surface area (Å²) in [6.45, 7) is 4.30. The highest BCUT2D eigenvalue weighted by atomic mass is 16.5. The van der Waals surface area contributed by atoms with E-state index in [1.165, 1.54) is 0 Å². The third-order valence-corrected chi connectivity index (χ3v) is 11.0. The Bertz CT molecular complexity index is 751. The molecule has 7 bridgehead atoms. The molecule has 0 unspecified atom stereocenters. The SMILES string of the molecule is CCN1C[C@]2(COC)CC[C@H](O)[C@@]34[C@@H]5C[C@H]6[C@H](O)[C@@H]5[C@](O)(C[C@@H]6OC)[C@](O)(C[C@H]23)[C@@H]14. The van der Waals surface area contributed by atoms with E-state index < -0.39 is 34.7 Å². The minimum atomic E-state index is -1.41. The summed E-state index contributed by atoms with van der Waals surface area (Å²) in [4.78, 5) is 2.33. The molecule has 7 heteroatoms. The highest BCUT2D eigenvalue weighted by molar-refractivity contribution is 5.38. The van der Waals surface area contributed by atoms with Crippen molar-refractivity contribution in [2.24, 2.45) is 34.5 Å². The number of likely N-dealkylation sites (tertiary alicyclic amines) is 1. The number of nitrogens with zero attached hydrogens (tertiary/aromatic N) is 1. The molecule has 1 saturated heterocycles. The lowest BCUT2D eigenvalue weighted by Crippen LogP contribution is -2.81. The zero-order valence-electron chi connectivity index (χ0n) is 18.3. The number of hydrogen-bond acceptors (Lipinski definition) is 7. The van der Waals surface area contributed by atoms with Gasteiger partial charge < -0.3 is 29.9 Å². The van der Waals surface area contributed by atoms with Crippen molar-refractivity contribution >= 4 is 0 Å². The van der Waals surface area contributed by atoms with Gasteiger partial charge in [-0.3, -0.25) is 4.90 Å². The summed E-state index contributed by atoms with van der Waals surface area (Å²) in [5.74, 6) is -0.409. The molecule has 4 N–H and O–H groups in total. The molecular weight excluding hydrogens is 386 g/mol. The molecule has 0 radical (unpaired) electrons. The van der Waals surface area contributed by atoms with Crippen LogP contribution in [-0.4, -0.2) is 94.8 Å². The first-order chi connectivity index (χ1) is 14.2. The first-order valence-electron chi connectivity index (χ1n) is 11.8. The van der Waals surface area contributed by atoms with Crippen LogP contribution in [0.3, 0.4) is 0 Å². The van der Waals surface area contributed by atoms with E-state index in [2.05, 4.69) is 11.8 Å². The molecule has 5 saturated carbocycles. The number of fused-ring (bicyclic) bond motifs is 2. The number of piperidine rings is 1. The van der Waals surface area contributed by atoms with Crippen LogP contribution in [-0.2, 0) is 9.47 Å². The summed E-state index contributed by atoms with van der Waals surface area (Å²) in [5, 5.41) is 47.7. The first-order valence-corrected chi connectivity index (χ1v) is 11.8. The first kappa shape index (κ1) is 20.3. The van der Waals surface area contributed by atoms with E-state index in [0.29, 0.717) is 25.9 Å². The highest BCUT2D eigenvalue weighted by Crippen LogP contribution is 2.79. The van der Waals surface area contributed by atoms with Crippen LogP contribution in [0.4, 0.5) is 0 Å². The van der Waals surface area contributed by atoms with Crippen LogP contribution >= 0.6 is 0 Å². The third-order valence-electron chi connectivity index (χ3n) is 11.0. The lowest BCUT2D eigenvalue weighted by atomic mass is 9.42. The zero-order chi connectivity index (χ0) is 21.3. The van der Waals surface area contributed by atoms with Gasteiger partial charge in [-0.25, -0.2) is 0 Å². The molecule has 0 amide bonds. The van der Waals surface area contributed by atoms with E-state index in [0.717, 1.165) is 25.9 Å². The molecule has 30 heavy (non-hydrogen) atoms. The van der Waals surface area contributed by atoms with Crippen molar-refractivity contribution in [1.29, 1.82) is 0 Å². The average molecular weight is 424 g/mol. The van der Waals surface area contributed by atoms with Crippen LogP contribution in [0.15, 0.2) is 0 Å². The van der Waals surface area contributed by atoms with E-state index in [9.17, 15) is 20.4 Å². The second-order valence-corrected chi connectivity index (χ2v) is 11.4. The van der Waals surface area contributed by atoms with E-state index in [1.807, 2.05) is 0 Å². The minimum Gasteiger partial charge on any atom is -0.392 e. The van der Waals surface area contributed by atoms with Gasteiger partial charge in [-0.15, -0.1) is 0 Å². The molecule has 6 rings (SSSR count). The van der Waals surface area contributed by atoms with Gasteiger partial charge in [0.2, 0.25) is 0 Å². The van der Waals surface area contributed by atoms with Crippen molar-refractivity contribution < 1.29 is 29.9 Å². The molecule has 6 fully saturated rings. The van der Waals surface area contributed by atoms with Gasteiger partial charge in [0, 0.05) is 55.9 Å². The van der Waals surface area contributed by atoms with Gasteiger partial charge in [0.1, 0.15) is 11.2 Å². The van der Waals surface area contributed by atoms with Gasteiger partial charge in [-0.1, -0.05) is 6.92 Å². The van der Waals surface area contributed by atoms with Crippen LogP contribution in [0.1, 0.15) is 39.0 Å². The van der Waals surface area contributed by atoms with E-state index in [1.54, 1.807) is 14.2 Å². The Morgan fingerprint density at radius 3 is 2.53 bits per heavy atom. The van der Waals surface area contributed by atoms with Crippen molar-refractivity contribution in [2.45, 2.75) is 74.6 Å². The zero-order valence-corrected chi connectivity index (χ0v) is 18.3. The van der Waals surface area contributed by atoms with Crippen molar-refractivity contribution in [1.82, 2.24) is 4.90 Å². The normalized spacial score (nSPS) is 63.3. The quantitative estimate of drug-likeness (QED) is 0.504. The second kappa shape index (κ2) is 5.99. The summed E-state index contributed by atoms with van der Waals surface area (Å²) < 4.78 is 11.5. The summed E-state index contributed by atoms with van der Waals surface area (Å²) in [6, 6.07) is -0.298. The van der Waals surface area contributed by atoms with Crippen molar-refractivity contribution in [3.8, 4) is 0 Å². The molecule has 1 aliphatic heterocycles. The van der Waals surface area contributed by atoms with Crippen LogP contribution in [0.2, 0.25) is 0 Å². The van der Waals surface area contributed by atoms with Crippen LogP contribution in [0, 0.1) is 34.5 Å². The summed E-state index contributed by atoms with van der Waals surface area (Å²) in [6.07, 6.45) is 1.61. The maximum Gasteiger partial charge on any atom is 0.110 e. The third kappa shape index (κ3) is 1.84. The van der Waals surface area contributed by atoms with E-state index >= 15 is 0 Å². The summed E-state index contributed by atoms with van der Waals surface area (Å²) >= 11 is 0. The van der Waals surface area contributed by atoms with Crippen molar-refractivity contribution in [3.05, 3.63) is 0 Å². The lowest BCUT2D eigenvalue weighted by Gasteiger charge is -2.70. The standard InChI is InChI=1S/C23H37NO6/c1-4-24-10-20(11-29-2)6-5-16(25)23-13-7-12-14(30-3)8-21(27,17(13)18(12)26)22(28,19(23)24)9-15(20)23/h12-19,25-28H,4-11H2,1-3H3/t12-,13-,14+,15-,16+,17-,18+,19-,20+,21-,22+,23-/m1/s1. The molecule has 5 aliphatic carbocycles. The van der Waals surface area contributed by atoms with Crippen molar-refractivity contribution in [3.63, 3.8) is 0 Å². The number of aliphatic hydroxyl groups is 4. The Kier molecular flexibility index (Phi) is 4.06. The predicted molar refractivity (Wildman–Crippen MR) is 108 cm³/mol. The number of likely N-dealkylation sites (N-methyl/N-ethyl adjacent to an activating group) is 1. The van der Waals surface area contributed by atoms with Crippen LogP contribution in [0.25, 0.3) is 0 Å². The van der Waals surface area contributed by atoms with Gasteiger partial charge in [0.25, 0.3) is 0 Å². The fraction of sp³-hybridized carbons (Fsp3) is 1.00. The number of ether oxygens (including phenoxy) is 2. The average Bonchev–Trinajstić information content (AvgIpc) is 3.10. The Hall–Kier alpha value is -0.280. The maximum atomic E-state index is 12.4. The lowest BCUT2D eigenvalue weighted by molar-refractivity contribution is -0.312. The van der Waals surface area contributed by atoms with E-state index in [4.69, 9.17) is 9.47 Å². The molecule has 0 aromatic rings. The van der Waals surface area contributed by atoms with Gasteiger partial charge in [0.15, 0.2) is 0 Å². The predicted octanol–water partition coefficient (Wildman–Crippen LogP) is -0.00800. The molecular formula is C23H37NO6. The summed E-state index contributed by atoms with van der Waals surface area (Å²) in [5.41, 5.74) is -3.43. The largest absolute Gasteiger partial charge is 0.392 e. The van der Waals surface area contributed by atoms with Gasteiger partial charge >= 0.3 is 0 Å². The van der Waals surface area contributed by atoms with E-state index in [-0.39, 0.29) is 35.3 Å². The van der Waals surface area contributed by atoms with Gasteiger partial charge in [0.05, 0.1) is 24.9 Å². The van der Waals surface area contributed by atoms with Gasteiger partial charge in [-0.2, -0.15) is 0 Å². The number of methoxy groups -OCH3 is 2. The van der Waals surface area contributed by atoms with Crippen LogP contribution in [0.5, 0.6) is 0 Å². The smallest absolute Gasteiger partial charge is 0.110 e.